The topological polar surface area (TPSA) is 75.6 Å². The van der Waals surface area contributed by atoms with Crippen LogP contribution in [0.15, 0.2) is 59.1 Å². The van der Waals surface area contributed by atoms with E-state index in [-0.39, 0.29) is 11.9 Å². The van der Waals surface area contributed by atoms with Gasteiger partial charge in [0, 0.05) is 10.9 Å². The van der Waals surface area contributed by atoms with E-state index in [1.165, 1.54) is 0 Å². The number of cyclic esters (lactones) is 1. The number of carboxylic acid groups (broad SMARTS) is 1. The van der Waals surface area contributed by atoms with E-state index in [0.29, 0.717) is 19.3 Å². The van der Waals surface area contributed by atoms with Gasteiger partial charge in [-0.3, -0.25) is 4.79 Å². The summed E-state index contributed by atoms with van der Waals surface area (Å²) in [5.74, 6) is -0.516. The fourth-order valence-electron chi connectivity index (χ4n) is 3.29. The van der Waals surface area contributed by atoms with E-state index in [2.05, 4.69) is 21.2 Å². The monoisotopic (exact) mass is 417 g/mol. The first kappa shape index (κ1) is 18.5. The summed E-state index contributed by atoms with van der Waals surface area (Å²) in [6.45, 7) is 0. The molecule has 1 aliphatic rings. The maximum absolute atomic E-state index is 12.3. The molecule has 2 aromatic rings. The van der Waals surface area contributed by atoms with Crippen LogP contribution in [0.25, 0.3) is 0 Å². The molecule has 1 unspecified atom stereocenters. The van der Waals surface area contributed by atoms with Gasteiger partial charge in [0.25, 0.3) is 0 Å². The third-order valence-corrected chi connectivity index (χ3v) is 5.10. The lowest BCUT2D eigenvalue weighted by Gasteiger charge is -2.22. The van der Waals surface area contributed by atoms with Gasteiger partial charge in [0.15, 0.2) is 0 Å². The number of esters is 1. The Morgan fingerprint density at radius 2 is 1.85 bits per heavy atom. The number of halogens is 1. The number of amides is 1. The number of nitrogens with one attached hydrogen (secondary N) is 1. The predicted octanol–water partition coefficient (Wildman–Crippen LogP) is 3.80. The fourth-order valence-corrected chi connectivity index (χ4v) is 3.55. The number of benzene rings is 2. The predicted molar refractivity (Wildman–Crippen MR) is 101 cm³/mol. The van der Waals surface area contributed by atoms with E-state index < -0.39 is 18.2 Å². The van der Waals surface area contributed by atoms with Gasteiger partial charge in [0.05, 0.1) is 12.0 Å². The van der Waals surface area contributed by atoms with Crippen molar-refractivity contribution in [2.75, 3.05) is 0 Å². The van der Waals surface area contributed by atoms with Crippen molar-refractivity contribution >= 4 is 28.0 Å². The van der Waals surface area contributed by atoms with Gasteiger partial charge in [-0.05, 0) is 36.1 Å². The van der Waals surface area contributed by atoms with Crippen LogP contribution in [0.5, 0.6) is 0 Å². The van der Waals surface area contributed by atoms with Gasteiger partial charge < -0.3 is 15.2 Å². The summed E-state index contributed by atoms with van der Waals surface area (Å²) in [5, 5.41) is 11.7. The van der Waals surface area contributed by atoms with Gasteiger partial charge in [-0.25, -0.2) is 4.79 Å². The molecular formula is C20H20BrNO4. The highest BCUT2D eigenvalue weighted by molar-refractivity contribution is 9.10. The number of carbonyl (C=O) groups is 2. The molecule has 0 bridgehead atoms. The Kier molecular flexibility index (Phi) is 5.93. The Morgan fingerprint density at radius 3 is 2.50 bits per heavy atom. The molecule has 3 atom stereocenters. The molecule has 0 radical (unpaired) electrons. The van der Waals surface area contributed by atoms with E-state index in [1.54, 1.807) is 0 Å². The van der Waals surface area contributed by atoms with Gasteiger partial charge in [0.2, 0.25) is 0 Å². The molecule has 26 heavy (non-hydrogen) atoms. The molecule has 6 heteroatoms. The van der Waals surface area contributed by atoms with Gasteiger partial charge in [-0.1, -0.05) is 58.4 Å². The highest BCUT2D eigenvalue weighted by Gasteiger charge is 2.39. The van der Waals surface area contributed by atoms with Gasteiger partial charge in [0.1, 0.15) is 6.10 Å². The zero-order chi connectivity index (χ0) is 18.5. The summed E-state index contributed by atoms with van der Waals surface area (Å²) >= 11 is 3.40. The van der Waals surface area contributed by atoms with Crippen LogP contribution < -0.4 is 5.32 Å². The second-order valence-corrected chi connectivity index (χ2v) is 7.40. The minimum atomic E-state index is -1.11. The van der Waals surface area contributed by atoms with Crippen molar-refractivity contribution in [3.63, 3.8) is 0 Å². The fraction of sp³-hybridized carbons (Fsp3) is 0.300. The zero-order valence-electron chi connectivity index (χ0n) is 14.1. The van der Waals surface area contributed by atoms with Gasteiger partial charge >= 0.3 is 12.1 Å². The van der Waals surface area contributed by atoms with Crippen molar-refractivity contribution in [1.82, 2.24) is 5.32 Å². The van der Waals surface area contributed by atoms with Crippen LogP contribution in [-0.2, 0) is 22.4 Å². The van der Waals surface area contributed by atoms with E-state index in [4.69, 9.17) is 9.84 Å². The SMILES string of the molecule is O=C(O)N[C@@H](Cc1ccccc1)[C@@H]1CC(Cc2ccc(Br)cc2)C(=O)O1. The van der Waals surface area contributed by atoms with E-state index in [9.17, 15) is 9.59 Å². The molecule has 5 nitrogen and oxygen atoms in total. The summed E-state index contributed by atoms with van der Waals surface area (Å²) in [7, 11) is 0. The maximum atomic E-state index is 12.3. The average Bonchev–Trinajstić information content (AvgIpc) is 2.98. The molecule has 0 spiro atoms. The van der Waals surface area contributed by atoms with Crippen LogP contribution in [-0.4, -0.2) is 29.3 Å². The van der Waals surface area contributed by atoms with Crippen LogP contribution in [0.2, 0.25) is 0 Å². The first-order valence-electron chi connectivity index (χ1n) is 8.49. The summed E-state index contributed by atoms with van der Waals surface area (Å²) in [5.41, 5.74) is 2.06. The zero-order valence-corrected chi connectivity index (χ0v) is 15.7. The van der Waals surface area contributed by atoms with Crippen molar-refractivity contribution in [3.05, 3.63) is 70.2 Å². The number of rotatable bonds is 6. The smallest absolute Gasteiger partial charge is 0.405 e. The largest absolute Gasteiger partial charge is 0.465 e. The molecule has 1 saturated heterocycles. The van der Waals surface area contributed by atoms with Crippen LogP contribution in [0, 0.1) is 5.92 Å². The molecule has 136 valence electrons. The molecule has 0 saturated carbocycles. The lowest BCUT2D eigenvalue weighted by molar-refractivity contribution is -0.145. The Labute approximate surface area is 160 Å². The Morgan fingerprint density at radius 1 is 1.15 bits per heavy atom. The van der Waals surface area contributed by atoms with E-state index in [1.807, 2.05) is 54.6 Å². The number of hydrogen-bond donors (Lipinski definition) is 2. The van der Waals surface area contributed by atoms with Crippen molar-refractivity contribution in [1.29, 1.82) is 0 Å². The molecule has 1 heterocycles. The first-order chi connectivity index (χ1) is 12.5. The van der Waals surface area contributed by atoms with Crippen molar-refractivity contribution in [2.45, 2.75) is 31.4 Å². The quantitative estimate of drug-likeness (QED) is 0.700. The standard InChI is InChI=1S/C20H20BrNO4/c21-16-8-6-14(7-9-16)10-15-12-18(26-19(15)23)17(22-20(24)25)11-13-4-2-1-3-5-13/h1-9,15,17-18,22H,10-12H2,(H,24,25)/t15?,17-,18-/m0/s1. The molecule has 0 aliphatic carbocycles. The lowest BCUT2D eigenvalue weighted by Crippen LogP contribution is -2.44. The van der Waals surface area contributed by atoms with Crippen LogP contribution in [0.1, 0.15) is 17.5 Å². The van der Waals surface area contributed by atoms with Crippen molar-refractivity contribution in [2.24, 2.45) is 5.92 Å². The minimum Gasteiger partial charge on any atom is -0.465 e. The highest BCUT2D eigenvalue weighted by atomic mass is 79.9. The molecule has 0 aromatic heterocycles. The number of ether oxygens (including phenoxy) is 1. The third-order valence-electron chi connectivity index (χ3n) is 4.57. The van der Waals surface area contributed by atoms with Crippen LogP contribution >= 0.6 is 15.9 Å². The second kappa shape index (κ2) is 8.36. The highest BCUT2D eigenvalue weighted by Crippen LogP contribution is 2.28. The molecule has 1 aliphatic heterocycles. The Bertz CT molecular complexity index is 763. The first-order valence-corrected chi connectivity index (χ1v) is 9.29. The Hall–Kier alpha value is -2.34. The average molecular weight is 418 g/mol. The third kappa shape index (κ3) is 4.85. The molecule has 2 N–H and O–H groups in total. The van der Waals surface area contributed by atoms with Gasteiger partial charge in [-0.2, -0.15) is 0 Å². The number of carbonyl (C=O) groups excluding carboxylic acids is 1. The van der Waals surface area contributed by atoms with Crippen LogP contribution in [0.3, 0.4) is 0 Å². The molecule has 1 fully saturated rings. The summed E-state index contributed by atoms with van der Waals surface area (Å²) < 4.78 is 6.52. The molecular weight excluding hydrogens is 398 g/mol. The van der Waals surface area contributed by atoms with Crippen molar-refractivity contribution in [3.8, 4) is 0 Å². The van der Waals surface area contributed by atoms with Gasteiger partial charge in [-0.15, -0.1) is 0 Å². The van der Waals surface area contributed by atoms with Crippen molar-refractivity contribution < 1.29 is 19.4 Å². The summed E-state index contributed by atoms with van der Waals surface area (Å²) in [6.07, 6.45) is 0.00820. The molecule has 1 amide bonds. The maximum Gasteiger partial charge on any atom is 0.405 e. The summed E-state index contributed by atoms with van der Waals surface area (Å²) in [6, 6.07) is 17.0. The normalized spacial score (nSPS) is 20.4. The second-order valence-electron chi connectivity index (χ2n) is 6.48. The van der Waals surface area contributed by atoms with E-state index in [0.717, 1.165) is 15.6 Å². The van der Waals surface area contributed by atoms with E-state index >= 15 is 0 Å². The molecule has 3 rings (SSSR count). The minimum absolute atomic E-state index is 0.255. The number of hydrogen-bond acceptors (Lipinski definition) is 3. The summed E-state index contributed by atoms with van der Waals surface area (Å²) in [4.78, 5) is 23.5. The molecule has 2 aromatic carbocycles. The Balaban J connectivity index is 1.68. The van der Waals surface area contributed by atoms with Crippen LogP contribution in [0.4, 0.5) is 4.79 Å². The lowest BCUT2D eigenvalue weighted by atomic mass is 9.92.